The van der Waals surface area contributed by atoms with E-state index in [1.807, 2.05) is 24.3 Å². The van der Waals surface area contributed by atoms with Gasteiger partial charge in [0.2, 0.25) is 5.91 Å². The summed E-state index contributed by atoms with van der Waals surface area (Å²) in [5.74, 6) is 0.103. The van der Waals surface area contributed by atoms with E-state index in [4.69, 9.17) is 17.3 Å². The molecule has 3 N–H and O–H groups in total. The maximum Gasteiger partial charge on any atom is 0.248 e. The molecule has 4 heteroatoms. The number of halogens is 1. The van der Waals surface area contributed by atoms with Gasteiger partial charge in [-0.1, -0.05) is 12.2 Å². The fraction of sp³-hybridized carbons (Fsp3) is 0.182. The zero-order valence-corrected chi connectivity index (χ0v) is 9.00. The molecule has 0 heterocycles. The lowest BCUT2D eigenvalue weighted by atomic mass is 10.2. The first-order chi connectivity index (χ1) is 7.24. The number of nitrogens with two attached hydrogens (primary N) is 1. The minimum atomic E-state index is -0.413. The summed E-state index contributed by atoms with van der Waals surface area (Å²) in [6, 6.07) is 7.01. The molecule has 0 aromatic heterocycles. The summed E-state index contributed by atoms with van der Waals surface area (Å²) in [5, 5.41) is 3.15. The van der Waals surface area contributed by atoms with Gasteiger partial charge in [0, 0.05) is 23.7 Å². The molecule has 0 bridgehead atoms. The average molecular weight is 225 g/mol. The molecule has 0 aliphatic carbocycles. The number of benzene rings is 1. The lowest BCUT2D eigenvalue weighted by Gasteiger charge is -2.03. The molecule has 0 atom stereocenters. The van der Waals surface area contributed by atoms with Crippen LogP contribution in [-0.2, 0) is 0 Å². The predicted octanol–water partition coefficient (Wildman–Crippen LogP) is 1.99. The Morgan fingerprint density at radius 1 is 1.33 bits per heavy atom. The smallest absolute Gasteiger partial charge is 0.248 e. The quantitative estimate of drug-likeness (QED) is 0.594. The van der Waals surface area contributed by atoms with Crippen LogP contribution in [0.5, 0.6) is 0 Å². The summed E-state index contributed by atoms with van der Waals surface area (Å²) < 4.78 is 0. The van der Waals surface area contributed by atoms with Gasteiger partial charge in [0.15, 0.2) is 0 Å². The summed E-state index contributed by atoms with van der Waals surface area (Å²) in [7, 11) is 0. The molecule has 0 saturated heterocycles. The van der Waals surface area contributed by atoms with Gasteiger partial charge in [-0.05, 0) is 24.3 Å². The molecule has 0 radical (unpaired) electrons. The Morgan fingerprint density at radius 2 is 2.00 bits per heavy atom. The lowest BCUT2D eigenvalue weighted by Crippen LogP contribution is -2.10. The second kappa shape index (κ2) is 6.09. The molecule has 1 amide bonds. The van der Waals surface area contributed by atoms with Crippen LogP contribution in [0.15, 0.2) is 36.4 Å². The van der Waals surface area contributed by atoms with E-state index in [9.17, 15) is 4.79 Å². The number of anilines is 1. The Kier molecular flexibility index (Phi) is 4.71. The van der Waals surface area contributed by atoms with Gasteiger partial charge in [-0.25, -0.2) is 0 Å². The zero-order valence-electron chi connectivity index (χ0n) is 8.24. The molecule has 1 aromatic carbocycles. The van der Waals surface area contributed by atoms with Gasteiger partial charge in [0.25, 0.3) is 0 Å². The number of carbonyl (C=O) groups excluding carboxylic acids is 1. The van der Waals surface area contributed by atoms with Crippen LogP contribution in [0.1, 0.15) is 10.4 Å². The second-order valence-electron chi connectivity index (χ2n) is 2.95. The number of allylic oxidation sites excluding steroid dienone is 1. The Hall–Kier alpha value is -1.48. The van der Waals surface area contributed by atoms with Gasteiger partial charge < -0.3 is 11.1 Å². The molecule has 0 spiro atoms. The highest BCUT2D eigenvalue weighted by atomic mass is 35.5. The highest BCUT2D eigenvalue weighted by Gasteiger charge is 1.98. The number of hydrogen-bond donors (Lipinski definition) is 2. The monoisotopic (exact) mass is 224 g/mol. The molecule has 0 unspecified atom stereocenters. The van der Waals surface area contributed by atoms with Crippen molar-refractivity contribution in [3.05, 3.63) is 42.0 Å². The summed E-state index contributed by atoms with van der Waals surface area (Å²) in [5.41, 5.74) is 6.57. The molecule has 0 fully saturated rings. The third-order valence-electron chi connectivity index (χ3n) is 1.85. The van der Waals surface area contributed by atoms with Crippen LogP contribution < -0.4 is 11.1 Å². The fourth-order valence-electron chi connectivity index (χ4n) is 1.08. The van der Waals surface area contributed by atoms with Crippen LogP contribution in [0.2, 0.25) is 0 Å². The minimum absolute atomic E-state index is 0.413. The van der Waals surface area contributed by atoms with Gasteiger partial charge in [-0.3, -0.25) is 4.79 Å². The van der Waals surface area contributed by atoms with Crippen molar-refractivity contribution in [3.63, 3.8) is 0 Å². The lowest BCUT2D eigenvalue weighted by molar-refractivity contribution is 0.100. The highest BCUT2D eigenvalue weighted by molar-refractivity contribution is 6.18. The topological polar surface area (TPSA) is 55.1 Å². The minimum Gasteiger partial charge on any atom is -0.382 e. The molecule has 80 valence electrons. The number of rotatable bonds is 5. The largest absolute Gasteiger partial charge is 0.382 e. The number of primary amides is 1. The van der Waals surface area contributed by atoms with Crippen molar-refractivity contribution in [2.24, 2.45) is 5.73 Å². The van der Waals surface area contributed by atoms with E-state index in [1.54, 1.807) is 12.1 Å². The predicted molar refractivity (Wildman–Crippen MR) is 63.3 cm³/mol. The normalized spacial score (nSPS) is 10.5. The van der Waals surface area contributed by atoms with Crippen molar-refractivity contribution in [3.8, 4) is 0 Å². The van der Waals surface area contributed by atoms with E-state index in [0.29, 0.717) is 18.0 Å². The molecular formula is C11H13ClN2O. The third kappa shape index (κ3) is 4.04. The molecule has 0 aliphatic heterocycles. The van der Waals surface area contributed by atoms with Crippen LogP contribution in [0.3, 0.4) is 0 Å². The van der Waals surface area contributed by atoms with Crippen molar-refractivity contribution in [2.45, 2.75) is 0 Å². The number of amides is 1. The van der Waals surface area contributed by atoms with Crippen molar-refractivity contribution in [2.75, 3.05) is 17.7 Å². The van der Waals surface area contributed by atoms with Crippen LogP contribution >= 0.6 is 11.6 Å². The number of nitrogens with one attached hydrogen (secondary N) is 1. The number of alkyl halides is 1. The van der Waals surface area contributed by atoms with Gasteiger partial charge in [-0.15, -0.1) is 11.6 Å². The van der Waals surface area contributed by atoms with Crippen molar-refractivity contribution < 1.29 is 4.79 Å². The van der Waals surface area contributed by atoms with Gasteiger partial charge in [-0.2, -0.15) is 0 Å². The Bertz CT molecular complexity index is 346. The number of carbonyl (C=O) groups is 1. The fourth-order valence-corrected chi connectivity index (χ4v) is 1.20. The highest BCUT2D eigenvalue weighted by Crippen LogP contribution is 2.08. The molecule has 1 rings (SSSR count). The summed E-state index contributed by atoms with van der Waals surface area (Å²) in [4.78, 5) is 10.8. The molecule has 0 saturated carbocycles. The van der Waals surface area contributed by atoms with Gasteiger partial charge in [0.05, 0.1) is 0 Å². The molecule has 1 aromatic rings. The van der Waals surface area contributed by atoms with E-state index < -0.39 is 5.91 Å². The molecular weight excluding hydrogens is 212 g/mol. The van der Waals surface area contributed by atoms with Crippen LogP contribution in [0, 0.1) is 0 Å². The van der Waals surface area contributed by atoms with E-state index >= 15 is 0 Å². The van der Waals surface area contributed by atoms with Gasteiger partial charge >= 0.3 is 0 Å². The zero-order chi connectivity index (χ0) is 11.1. The SMILES string of the molecule is NC(=O)c1ccc(NC/C=C/CCl)cc1. The van der Waals surface area contributed by atoms with E-state index in [1.165, 1.54) is 0 Å². The maximum atomic E-state index is 10.8. The summed E-state index contributed by atoms with van der Waals surface area (Å²) in [6.45, 7) is 0.711. The first-order valence-corrected chi connectivity index (χ1v) is 5.12. The summed E-state index contributed by atoms with van der Waals surface area (Å²) >= 11 is 5.47. The van der Waals surface area contributed by atoms with Crippen LogP contribution in [0.4, 0.5) is 5.69 Å². The van der Waals surface area contributed by atoms with Crippen LogP contribution in [0.25, 0.3) is 0 Å². The molecule has 15 heavy (non-hydrogen) atoms. The van der Waals surface area contributed by atoms with E-state index in [0.717, 1.165) is 5.69 Å². The molecule has 3 nitrogen and oxygen atoms in total. The number of hydrogen-bond acceptors (Lipinski definition) is 2. The summed E-state index contributed by atoms with van der Waals surface area (Å²) in [6.07, 6.45) is 3.81. The van der Waals surface area contributed by atoms with Crippen molar-refractivity contribution in [1.29, 1.82) is 0 Å². The van der Waals surface area contributed by atoms with Crippen molar-refractivity contribution >= 4 is 23.2 Å². The Labute approximate surface area is 93.9 Å². The van der Waals surface area contributed by atoms with Gasteiger partial charge in [0.1, 0.15) is 0 Å². The van der Waals surface area contributed by atoms with E-state index in [-0.39, 0.29) is 0 Å². The average Bonchev–Trinajstić information content (AvgIpc) is 2.25. The van der Waals surface area contributed by atoms with Crippen LogP contribution in [-0.4, -0.2) is 18.3 Å². The van der Waals surface area contributed by atoms with Crippen molar-refractivity contribution in [1.82, 2.24) is 0 Å². The first-order valence-electron chi connectivity index (χ1n) is 4.58. The Morgan fingerprint density at radius 3 is 2.53 bits per heavy atom. The maximum absolute atomic E-state index is 10.8. The second-order valence-corrected chi connectivity index (χ2v) is 3.26. The Balaban J connectivity index is 2.50. The molecule has 0 aliphatic rings. The third-order valence-corrected chi connectivity index (χ3v) is 2.03. The van der Waals surface area contributed by atoms with E-state index in [2.05, 4.69) is 5.32 Å². The standard InChI is InChI=1S/C11H13ClN2O/c12-7-1-2-8-14-10-5-3-9(4-6-10)11(13)15/h1-6,14H,7-8H2,(H2,13,15)/b2-1+. The first kappa shape index (κ1) is 11.6.